The van der Waals surface area contributed by atoms with Crippen LogP contribution in [0.5, 0.6) is 0 Å². The number of benzene rings is 2. The minimum absolute atomic E-state index is 0.0499. The first-order valence-electron chi connectivity index (χ1n) is 13.7. The van der Waals surface area contributed by atoms with Crippen molar-refractivity contribution in [2.24, 2.45) is 0 Å². The van der Waals surface area contributed by atoms with Crippen molar-refractivity contribution >= 4 is 45.4 Å². The molecular formula is C31H27N7O2S. The van der Waals surface area contributed by atoms with Gasteiger partial charge in [-0.1, -0.05) is 30.3 Å². The zero-order valence-corrected chi connectivity index (χ0v) is 23.3. The number of thiazole rings is 1. The minimum atomic E-state index is -0.0715. The Morgan fingerprint density at radius 3 is 2.66 bits per heavy atom. The predicted octanol–water partition coefficient (Wildman–Crippen LogP) is 5.41. The van der Waals surface area contributed by atoms with E-state index >= 15 is 0 Å². The third kappa shape index (κ3) is 4.91. The van der Waals surface area contributed by atoms with E-state index in [9.17, 15) is 9.59 Å². The second-order valence-corrected chi connectivity index (χ2v) is 11.3. The lowest BCUT2D eigenvalue weighted by Gasteiger charge is -2.32. The van der Waals surface area contributed by atoms with E-state index in [1.807, 2.05) is 59.4 Å². The fraction of sp³-hybridized carbons (Fsp3) is 0.226. The molecule has 0 atom stereocenters. The van der Waals surface area contributed by atoms with E-state index in [-0.39, 0.29) is 18.0 Å². The number of Topliss-reactive ketones (excluding diaryl/α,β-unsaturated/α-hetero) is 1. The van der Waals surface area contributed by atoms with Gasteiger partial charge in [-0.3, -0.25) is 9.59 Å². The quantitative estimate of drug-likeness (QED) is 0.260. The normalized spacial score (nSPS) is 14.2. The van der Waals surface area contributed by atoms with Crippen molar-refractivity contribution in [2.75, 3.05) is 18.0 Å². The molecule has 2 aromatic carbocycles. The Hall–Kier alpha value is -4.70. The van der Waals surface area contributed by atoms with Crippen LogP contribution in [0.3, 0.4) is 0 Å². The predicted molar refractivity (Wildman–Crippen MR) is 158 cm³/mol. The van der Waals surface area contributed by atoms with Crippen LogP contribution in [-0.2, 0) is 6.42 Å². The molecule has 0 aliphatic carbocycles. The van der Waals surface area contributed by atoms with Gasteiger partial charge in [0.2, 0.25) is 0 Å². The summed E-state index contributed by atoms with van der Waals surface area (Å²) < 4.78 is 1.91. The maximum absolute atomic E-state index is 13.1. The maximum atomic E-state index is 13.1. The number of aromatic nitrogens is 6. The number of carbonyl (C=O) groups is 2. The molecule has 0 bridgehead atoms. The molecule has 1 saturated heterocycles. The Morgan fingerprint density at radius 2 is 1.83 bits per heavy atom. The molecule has 5 heterocycles. The highest BCUT2D eigenvalue weighted by atomic mass is 32.1. The van der Waals surface area contributed by atoms with E-state index in [0.717, 1.165) is 59.1 Å². The van der Waals surface area contributed by atoms with Crippen LogP contribution in [0.1, 0.15) is 61.7 Å². The molecular weight excluding hydrogens is 534 g/mol. The average molecular weight is 562 g/mol. The number of ketones is 2. The van der Waals surface area contributed by atoms with Crippen LogP contribution < -0.4 is 4.90 Å². The number of anilines is 1. The first kappa shape index (κ1) is 25.3. The first-order chi connectivity index (χ1) is 20.0. The minimum Gasteiger partial charge on any atom is -0.356 e. The highest BCUT2D eigenvalue weighted by molar-refractivity contribution is 7.09. The van der Waals surface area contributed by atoms with Gasteiger partial charge in [-0.05, 0) is 44.0 Å². The summed E-state index contributed by atoms with van der Waals surface area (Å²) in [7, 11) is 0. The van der Waals surface area contributed by atoms with Crippen molar-refractivity contribution in [1.29, 1.82) is 0 Å². The second-order valence-electron chi connectivity index (χ2n) is 10.4. The lowest BCUT2D eigenvalue weighted by atomic mass is 9.97. The van der Waals surface area contributed by atoms with Crippen LogP contribution in [0.2, 0.25) is 0 Å². The Morgan fingerprint density at radius 1 is 1.00 bits per heavy atom. The van der Waals surface area contributed by atoms with Gasteiger partial charge in [0, 0.05) is 47.8 Å². The highest BCUT2D eigenvalue weighted by Gasteiger charge is 2.26. The molecule has 41 heavy (non-hydrogen) atoms. The van der Waals surface area contributed by atoms with Crippen molar-refractivity contribution in [3.05, 3.63) is 106 Å². The lowest BCUT2D eigenvalue weighted by molar-refractivity contribution is 0.0985. The number of piperidine rings is 1. The number of aryl methyl sites for hydroxylation is 1. The number of nitrogens with zero attached hydrogens (tertiary/aromatic N) is 6. The van der Waals surface area contributed by atoms with Gasteiger partial charge in [0.15, 0.2) is 17.2 Å². The molecule has 1 fully saturated rings. The van der Waals surface area contributed by atoms with Gasteiger partial charge in [-0.15, -0.1) is 11.3 Å². The number of imidazole rings is 1. The number of H-pyrrole nitrogens is 1. The summed E-state index contributed by atoms with van der Waals surface area (Å²) in [4.78, 5) is 45.3. The number of nitrogens with one attached hydrogen (secondary N) is 1. The summed E-state index contributed by atoms with van der Waals surface area (Å²) in [6.45, 7) is 3.75. The molecule has 0 spiro atoms. The largest absolute Gasteiger partial charge is 0.356 e. The number of aromatic amines is 1. The van der Waals surface area contributed by atoms with Gasteiger partial charge in [0.05, 0.1) is 28.2 Å². The molecule has 4 aromatic heterocycles. The standard InChI is InChI=1S/C31H27N7O2S/c1-19-15-28-32-12-9-29(38(28)36-19)37-13-10-21(11-14-37)31-35-25(18-41-31)26(39)17-27-33-23-8-7-22(16-24(23)34-27)30(40)20-5-3-2-4-6-20/h2-9,12,15-16,18,21H,10-11,13-14,17H2,1H3,(H,33,34). The fourth-order valence-corrected chi connectivity index (χ4v) is 6.48. The highest BCUT2D eigenvalue weighted by Crippen LogP contribution is 2.32. The molecule has 0 saturated carbocycles. The molecule has 7 rings (SSSR count). The zero-order chi connectivity index (χ0) is 27.9. The topological polar surface area (TPSA) is 109 Å². The third-order valence-electron chi connectivity index (χ3n) is 7.59. The van der Waals surface area contributed by atoms with Crippen molar-refractivity contribution in [3.63, 3.8) is 0 Å². The summed E-state index contributed by atoms with van der Waals surface area (Å²) in [5.74, 6) is 1.82. The van der Waals surface area contributed by atoms with E-state index in [1.54, 1.807) is 35.6 Å². The Bertz CT molecular complexity index is 1900. The van der Waals surface area contributed by atoms with Gasteiger partial charge in [0.1, 0.15) is 17.3 Å². The Kier molecular flexibility index (Phi) is 6.39. The maximum Gasteiger partial charge on any atom is 0.193 e. The molecule has 1 aliphatic rings. The van der Waals surface area contributed by atoms with Crippen LogP contribution in [0.25, 0.3) is 16.7 Å². The fourth-order valence-electron chi connectivity index (χ4n) is 5.48. The molecule has 10 heteroatoms. The van der Waals surface area contributed by atoms with Gasteiger partial charge in [-0.2, -0.15) is 9.61 Å². The third-order valence-corrected chi connectivity index (χ3v) is 8.60. The van der Waals surface area contributed by atoms with Crippen molar-refractivity contribution in [1.82, 2.24) is 29.5 Å². The van der Waals surface area contributed by atoms with Crippen molar-refractivity contribution in [3.8, 4) is 0 Å². The van der Waals surface area contributed by atoms with E-state index < -0.39 is 0 Å². The smallest absolute Gasteiger partial charge is 0.193 e. The second kappa shape index (κ2) is 10.4. The van der Waals surface area contributed by atoms with E-state index in [0.29, 0.717) is 28.6 Å². The summed E-state index contributed by atoms with van der Waals surface area (Å²) in [6.07, 6.45) is 3.87. The molecule has 9 nitrogen and oxygen atoms in total. The van der Waals surface area contributed by atoms with Gasteiger partial charge >= 0.3 is 0 Å². The summed E-state index contributed by atoms with van der Waals surface area (Å²) in [5.41, 5.74) is 4.96. The molecule has 0 amide bonds. The molecule has 1 N–H and O–H groups in total. The first-order valence-corrected chi connectivity index (χ1v) is 14.5. The van der Waals surface area contributed by atoms with Gasteiger partial charge < -0.3 is 9.88 Å². The summed E-state index contributed by atoms with van der Waals surface area (Å²) in [5, 5.41) is 7.48. The van der Waals surface area contributed by atoms with E-state index in [4.69, 9.17) is 4.98 Å². The van der Waals surface area contributed by atoms with Crippen LogP contribution in [-0.4, -0.2) is 54.2 Å². The summed E-state index contributed by atoms with van der Waals surface area (Å²) >= 11 is 1.56. The Balaban J connectivity index is 1.01. The van der Waals surface area contributed by atoms with E-state index in [2.05, 4.69) is 25.0 Å². The number of hydrogen-bond acceptors (Lipinski definition) is 8. The zero-order valence-electron chi connectivity index (χ0n) is 22.4. The van der Waals surface area contributed by atoms with Crippen LogP contribution in [0.15, 0.2) is 72.2 Å². The van der Waals surface area contributed by atoms with Crippen LogP contribution in [0.4, 0.5) is 5.82 Å². The average Bonchev–Trinajstić information content (AvgIpc) is 3.74. The van der Waals surface area contributed by atoms with Crippen molar-refractivity contribution < 1.29 is 9.59 Å². The summed E-state index contributed by atoms with van der Waals surface area (Å²) in [6, 6.07) is 18.6. The monoisotopic (exact) mass is 561 g/mol. The number of hydrogen-bond donors (Lipinski definition) is 1. The Labute approximate surface area is 239 Å². The van der Waals surface area contributed by atoms with Gasteiger partial charge in [0.25, 0.3) is 0 Å². The molecule has 204 valence electrons. The van der Waals surface area contributed by atoms with Crippen LogP contribution in [0, 0.1) is 6.92 Å². The van der Waals surface area contributed by atoms with Crippen LogP contribution >= 0.6 is 11.3 Å². The van der Waals surface area contributed by atoms with Crippen molar-refractivity contribution in [2.45, 2.75) is 32.1 Å². The lowest BCUT2D eigenvalue weighted by Crippen LogP contribution is -2.34. The molecule has 0 radical (unpaired) electrons. The molecule has 0 unspecified atom stereocenters. The SMILES string of the molecule is Cc1cc2nccc(N3CCC(c4nc(C(=O)Cc5nc6ccc(C(=O)c7ccccc7)cc6[nH]5)cs4)CC3)n2n1. The van der Waals surface area contributed by atoms with Gasteiger partial charge in [-0.25, -0.2) is 15.0 Å². The number of rotatable bonds is 7. The molecule has 1 aliphatic heterocycles. The van der Waals surface area contributed by atoms with E-state index in [1.165, 1.54) is 0 Å². The number of carbonyl (C=O) groups excluding carboxylic acids is 2. The number of fused-ring (bicyclic) bond motifs is 2. The molecule has 6 aromatic rings.